The van der Waals surface area contributed by atoms with Crippen molar-refractivity contribution in [2.75, 3.05) is 20.2 Å². The maximum Gasteiger partial charge on any atom is 0.191 e. The second kappa shape index (κ2) is 8.27. The van der Waals surface area contributed by atoms with Crippen molar-refractivity contribution in [2.45, 2.75) is 57.6 Å². The van der Waals surface area contributed by atoms with Crippen molar-refractivity contribution < 1.29 is 9.47 Å². The first-order chi connectivity index (χ1) is 11.8. The minimum atomic E-state index is 0.331. The predicted molar refractivity (Wildman–Crippen MR) is 96.6 cm³/mol. The van der Waals surface area contributed by atoms with E-state index >= 15 is 0 Å². The number of hydrogen-bond donors (Lipinski definition) is 1. The Morgan fingerprint density at radius 2 is 1.88 bits per heavy atom. The molecule has 5 nitrogen and oxygen atoms in total. The molecule has 1 aromatic rings. The van der Waals surface area contributed by atoms with Gasteiger partial charge in [0.15, 0.2) is 17.5 Å². The van der Waals surface area contributed by atoms with Crippen LogP contribution < -0.4 is 15.2 Å². The van der Waals surface area contributed by atoms with Crippen LogP contribution in [0.3, 0.4) is 0 Å². The van der Waals surface area contributed by atoms with Crippen LogP contribution in [-0.2, 0) is 6.54 Å². The van der Waals surface area contributed by atoms with Crippen molar-refractivity contribution in [2.24, 2.45) is 10.7 Å². The number of hydrogen-bond acceptors (Lipinski definition) is 3. The van der Waals surface area contributed by atoms with Gasteiger partial charge in [0, 0.05) is 13.1 Å². The highest BCUT2D eigenvalue weighted by Gasteiger charge is 2.18. The molecule has 2 aliphatic rings. The van der Waals surface area contributed by atoms with E-state index < -0.39 is 0 Å². The van der Waals surface area contributed by atoms with Gasteiger partial charge in [0.05, 0.1) is 19.8 Å². The van der Waals surface area contributed by atoms with Crippen molar-refractivity contribution >= 4 is 5.96 Å². The Kier molecular flexibility index (Phi) is 5.83. The number of ether oxygens (including phenoxy) is 2. The molecule has 1 aromatic carbocycles. The summed E-state index contributed by atoms with van der Waals surface area (Å²) in [5.74, 6) is 2.27. The fourth-order valence-corrected chi connectivity index (χ4v) is 3.49. The van der Waals surface area contributed by atoms with E-state index in [4.69, 9.17) is 15.2 Å². The highest BCUT2D eigenvalue weighted by molar-refractivity contribution is 5.78. The molecular formula is C19H29N3O2. The van der Waals surface area contributed by atoms with Crippen LogP contribution in [0.5, 0.6) is 11.5 Å². The van der Waals surface area contributed by atoms with Gasteiger partial charge in [0.25, 0.3) is 0 Å². The first-order valence-corrected chi connectivity index (χ1v) is 9.14. The largest absolute Gasteiger partial charge is 0.493 e. The van der Waals surface area contributed by atoms with E-state index in [-0.39, 0.29) is 0 Å². The molecule has 3 rings (SSSR count). The quantitative estimate of drug-likeness (QED) is 0.664. The second-order valence-electron chi connectivity index (χ2n) is 6.73. The van der Waals surface area contributed by atoms with Crippen LogP contribution >= 0.6 is 0 Å². The van der Waals surface area contributed by atoms with Gasteiger partial charge in [-0.05, 0) is 62.6 Å². The molecule has 1 aliphatic heterocycles. The maximum atomic E-state index is 6.13. The van der Waals surface area contributed by atoms with Crippen molar-refractivity contribution in [1.29, 1.82) is 0 Å². The van der Waals surface area contributed by atoms with E-state index in [1.807, 2.05) is 12.1 Å². The standard InChI is InChI=1S/C19H29N3O2/c1-23-18-13-15(9-10-17(18)24-16-7-3-4-8-16)14-21-19(20)22-11-5-2-6-12-22/h9-10,13,16H,2-8,11-12,14H2,1H3,(H2,20,21). The van der Waals surface area contributed by atoms with Crippen molar-refractivity contribution in [3.63, 3.8) is 0 Å². The highest BCUT2D eigenvalue weighted by atomic mass is 16.5. The summed E-state index contributed by atoms with van der Waals surface area (Å²) in [6.07, 6.45) is 8.84. The minimum Gasteiger partial charge on any atom is -0.493 e. The first-order valence-electron chi connectivity index (χ1n) is 9.14. The molecule has 132 valence electrons. The fraction of sp³-hybridized carbons (Fsp3) is 0.632. The Morgan fingerprint density at radius 3 is 2.58 bits per heavy atom. The van der Waals surface area contributed by atoms with Crippen LogP contribution in [0.25, 0.3) is 0 Å². The molecule has 0 amide bonds. The molecule has 0 radical (unpaired) electrons. The summed E-state index contributed by atoms with van der Waals surface area (Å²) in [7, 11) is 1.69. The van der Waals surface area contributed by atoms with Gasteiger partial charge in [-0.25, -0.2) is 4.99 Å². The van der Waals surface area contributed by atoms with E-state index in [0.717, 1.165) is 43.0 Å². The number of rotatable bonds is 5. The monoisotopic (exact) mass is 331 g/mol. The normalized spacial score (nSPS) is 19.5. The Hall–Kier alpha value is -1.91. The Bertz CT molecular complexity index is 562. The molecule has 0 spiro atoms. The number of nitrogens with zero attached hydrogens (tertiary/aromatic N) is 2. The zero-order valence-electron chi connectivity index (χ0n) is 14.7. The lowest BCUT2D eigenvalue weighted by Crippen LogP contribution is -2.40. The summed E-state index contributed by atoms with van der Waals surface area (Å²) in [5, 5.41) is 0. The van der Waals surface area contributed by atoms with Crippen molar-refractivity contribution in [1.82, 2.24) is 4.90 Å². The van der Waals surface area contributed by atoms with Gasteiger partial charge >= 0.3 is 0 Å². The molecule has 2 N–H and O–H groups in total. The van der Waals surface area contributed by atoms with Gasteiger partial charge < -0.3 is 20.1 Å². The van der Waals surface area contributed by atoms with Gasteiger partial charge in [0.1, 0.15) is 0 Å². The van der Waals surface area contributed by atoms with Crippen molar-refractivity contribution in [3.8, 4) is 11.5 Å². The number of aliphatic imine (C=N–C) groups is 1. The third-order valence-corrected chi connectivity index (χ3v) is 4.93. The first kappa shape index (κ1) is 16.9. The summed E-state index contributed by atoms with van der Waals surface area (Å²) >= 11 is 0. The summed E-state index contributed by atoms with van der Waals surface area (Å²) in [4.78, 5) is 6.73. The molecule has 1 heterocycles. The second-order valence-corrected chi connectivity index (χ2v) is 6.73. The highest BCUT2D eigenvalue weighted by Crippen LogP contribution is 2.32. The fourth-order valence-electron chi connectivity index (χ4n) is 3.49. The molecule has 0 aromatic heterocycles. The van der Waals surface area contributed by atoms with E-state index in [2.05, 4.69) is 16.0 Å². The molecule has 5 heteroatoms. The predicted octanol–water partition coefficient (Wildman–Crippen LogP) is 3.32. The molecular weight excluding hydrogens is 302 g/mol. The number of benzene rings is 1. The van der Waals surface area contributed by atoms with E-state index in [1.54, 1.807) is 7.11 Å². The Balaban J connectivity index is 1.63. The van der Waals surface area contributed by atoms with Crippen LogP contribution in [0.1, 0.15) is 50.5 Å². The smallest absolute Gasteiger partial charge is 0.191 e. The average Bonchev–Trinajstić information content (AvgIpc) is 3.14. The van der Waals surface area contributed by atoms with E-state index in [1.165, 1.54) is 32.1 Å². The topological polar surface area (TPSA) is 60.1 Å². The summed E-state index contributed by atoms with van der Waals surface area (Å²) in [6.45, 7) is 2.61. The summed E-state index contributed by atoms with van der Waals surface area (Å²) < 4.78 is 11.6. The van der Waals surface area contributed by atoms with E-state index in [0.29, 0.717) is 18.6 Å². The number of nitrogens with two attached hydrogens (primary N) is 1. The average molecular weight is 331 g/mol. The Labute approximate surface area is 144 Å². The molecule has 1 saturated carbocycles. The van der Waals surface area contributed by atoms with E-state index in [9.17, 15) is 0 Å². The molecule has 1 saturated heterocycles. The van der Waals surface area contributed by atoms with Crippen LogP contribution in [-0.4, -0.2) is 37.2 Å². The van der Waals surface area contributed by atoms with Crippen molar-refractivity contribution in [3.05, 3.63) is 23.8 Å². The van der Waals surface area contributed by atoms with Gasteiger partial charge in [-0.3, -0.25) is 0 Å². The van der Waals surface area contributed by atoms with Crippen LogP contribution in [0, 0.1) is 0 Å². The molecule has 2 fully saturated rings. The van der Waals surface area contributed by atoms with Gasteiger partial charge in [0.2, 0.25) is 0 Å². The van der Waals surface area contributed by atoms with Gasteiger partial charge in [-0.2, -0.15) is 0 Å². The number of likely N-dealkylation sites (tertiary alicyclic amines) is 1. The maximum absolute atomic E-state index is 6.13. The summed E-state index contributed by atoms with van der Waals surface area (Å²) in [5.41, 5.74) is 7.21. The molecule has 24 heavy (non-hydrogen) atoms. The number of methoxy groups -OCH3 is 1. The molecule has 0 atom stereocenters. The van der Waals surface area contributed by atoms with Crippen LogP contribution in [0.2, 0.25) is 0 Å². The zero-order chi connectivity index (χ0) is 16.8. The van der Waals surface area contributed by atoms with Crippen LogP contribution in [0.15, 0.2) is 23.2 Å². The Morgan fingerprint density at radius 1 is 1.12 bits per heavy atom. The SMILES string of the molecule is COc1cc(CN=C(N)N2CCCCC2)ccc1OC1CCCC1. The summed E-state index contributed by atoms with van der Waals surface area (Å²) in [6, 6.07) is 6.07. The molecule has 0 bridgehead atoms. The van der Waals surface area contributed by atoms with Gasteiger partial charge in [-0.15, -0.1) is 0 Å². The minimum absolute atomic E-state index is 0.331. The molecule has 1 aliphatic carbocycles. The lowest BCUT2D eigenvalue weighted by molar-refractivity contribution is 0.200. The van der Waals surface area contributed by atoms with Crippen LogP contribution in [0.4, 0.5) is 0 Å². The number of piperidine rings is 1. The molecule has 0 unspecified atom stereocenters. The third-order valence-electron chi connectivity index (χ3n) is 4.93. The van der Waals surface area contributed by atoms with Gasteiger partial charge in [-0.1, -0.05) is 6.07 Å². The lowest BCUT2D eigenvalue weighted by atomic mass is 10.1. The third kappa shape index (κ3) is 4.34. The number of guanidine groups is 1. The zero-order valence-corrected chi connectivity index (χ0v) is 14.7. The lowest BCUT2D eigenvalue weighted by Gasteiger charge is -2.27.